The maximum Gasteiger partial charge on any atom is 0.252 e. The molecule has 1 unspecified atom stereocenters. The van der Waals surface area contributed by atoms with Crippen LogP contribution in [-0.2, 0) is 0 Å². The first-order chi connectivity index (χ1) is 9.51. The van der Waals surface area contributed by atoms with Crippen molar-refractivity contribution in [3.05, 3.63) is 49.2 Å². The zero-order valence-corrected chi connectivity index (χ0v) is 14.5. The molecule has 0 saturated heterocycles. The van der Waals surface area contributed by atoms with E-state index in [1.54, 1.807) is 18.4 Å². The molecule has 1 amide bonds. The molecule has 1 aromatic carbocycles. The van der Waals surface area contributed by atoms with Gasteiger partial charge in [0.2, 0.25) is 0 Å². The highest BCUT2D eigenvalue weighted by Crippen LogP contribution is 2.26. The number of carbonyl (C=O) groups excluding carboxylic acids is 1. The molecule has 1 atom stereocenters. The van der Waals surface area contributed by atoms with E-state index in [1.807, 2.05) is 43.5 Å². The lowest BCUT2D eigenvalue weighted by Crippen LogP contribution is -2.26. The van der Waals surface area contributed by atoms with Crippen LogP contribution in [0.5, 0.6) is 5.75 Å². The maximum absolute atomic E-state index is 12.2. The summed E-state index contributed by atoms with van der Waals surface area (Å²) in [7, 11) is 1.64. The van der Waals surface area contributed by atoms with Gasteiger partial charge in [-0.25, -0.2) is 0 Å². The fourth-order valence-corrected chi connectivity index (χ4v) is 3.31. The lowest BCUT2D eigenvalue weighted by Gasteiger charge is -2.17. The Morgan fingerprint density at radius 2 is 2.15 bits per heavy atom. The number of rotatable bonds is 4. The van der Waals surface area contributed by atoms with Crippen molar-refractivity contribution >= 4 is 39.8 Å². The molecule has 0 radical (unpaired) electrons. The third-order valence-corrected chi connectivity index (χ3v) is 4.82. The van der Waals surface area contributed by atoms with Gasteiger partial charge in [-0.05, 0) is 48.6 Å². The van der Waals surface area contributed by atoms with Gasteiger partial charge in [0.05, 0.1) is 21.6 Å². The molecule has 1 N–H and O–H groups in total. The molecule has 0 bridgehead atoms. The highest BCUT2D eigenvalue weighted by atomic mass is 127. The average molecular weight is 401 g/mol. The summed E-state index contributed by atoms with van der Waals surface area (Å²) in [4.78, 5) is 12.2. The SMILES string of the molecule is COc1ccc(C)cc1C(C)NC(=O)c1csc(I)c1. The van der Waals surface area contributed by atoms with E-state index in [0.29, 0.717) is 5.56 Å². The smallest absolute Gasteiger partial charge is 0.252 e. The molecular weight excluding hydrogens is 385 g/mol. The van der Waals surface area contributed by atoms with Gasteiger partial charge in [-0.15, -0.1) is 11.3 Å². The number of hydrogen-bond donors (Lipinski definition) is 1. The Bertz CT molecular complexity index is 624. The molecule has 0 spiro atoms. The fraction of sp³-hybridized carbons (Fsp3) is 0.267. The Kier molecular flexibility index (Phi) is 5.04. The standard InChI is InChI=1S/C15H16INO2S/c1-9-4-5-13(19-3)12(6-9)10(2)17-15(18)11-7-14(16)20-8-11/h4-8,10H,1-3H3,(H,17,18). The van der Waals surface area contributed by atoms with Gasteiger partial charge in [-0.2, -0.15) is 0 Å². The Morgan fingerprint density at radius 3 is 2.75 bits per heavy atom. The first-order valence-electron chi connectivity index (χ1n) is 6.20. The van der Waals surface area contributed by atoms with Crippen LogP contribution in [0.25, 0.3) is 0 Å². The number of benzene rings is 1. The summed E-state index contributed by atoms with van der Waals surface area (Å²) in [5, 5.41) is 4.88. The molecule has 0 aliphatic rings. The van der Waals surface area contributed by atoms with Gasteiger partial charge < -0.3 is 10.1 Å². The van der Waals surface area contributed by atoms with Crippen molar-refractivity contribution in [2.45, 2.75) is 19.9 Å². The van der Waals surface area contributed by atoms with Gasteiger partial charge >= 0.3 is 0 Å². The lowest BCUT2D eigenvalue weighted by molar-refractivity contribution is 0.0940. The van der Waals surface area contributed by atoms with Crippen molar-refractivity contribution in [2.24, 2.45) is 0 Å². The summed E-state index contributed by atoms with van der Waals surface area (Å²) < 4.78 is 6.47. The number of hydrogen-bond acceptors (Lipinski definition) is 3. The van der Waals surface area contributed by atoms with Crippen molar-refractivity contribution in [3.8, 4) is 5.75 Å². The average Bonchev–Trinajstić information content (AvgIpc) is 2.85. The van der Waals surface area contributed by atoms with E-state index in [-0.39, 0.29) is 11.9 Å². The molecule has 3 nitrogen and oxygen atoms in total. The van der Waals surface area contributed by atoms with Crippen LogP contribution in [0, 0.1) is 9.81 Å². The Labute approximate surface area is 136 Å². The summed E-state index contributed by atoms with van der Waals surface area (Å²) in [6, 6.07) is 7.76. The van der Waals surface area contributed by atoms with Crippen LogP contribution in [0.3, 0.4) is 0 Å². The van der Waals surface area contributed by atoms with E-state index in [9.17, 15) is 4.79 Å². The normalized spacial score (nSPS) is 12.0. The van der Waals surface area contributed by atoms with Crippen molar-refractivity contribution in [2.75, 3.05) is 7.11 Å². The molecule has 0 fully saturated rings. The third-order valence-electron chi connectivity index (χ3n) is 3.03. The van der Waals surface area contributed by atoms with E-state index in [4.69, 9.17) is 4.74 Å². The summed E-state index contributed by atoms with van der Waals surface area (Å²) >= 11 is 3.78. The van der Waals surface area contributed by atoms with Gasteiger partial charge in [-0.1, -0.05) is 17.7 Å². The predicted octanol–water partition coefficient (Wildman–Crippen LogP) is 4.16. The molecule has 2 aromatic rings. The third kappa shape index (κ3) is 3.52. The van der Waals surface area contributed by atoms with Crippen LogP contribution in [0.4, 0.5) is 0 Å². The summed E-state index contributed by atoms with van der Waals surface area (Å²) in [5.74, 6) is 0.739. The molecule has 1 heterocycles. The first kappa shape index (κ1) is 15.3. The number of amides is 1. The molecule has 0 aliphatic carbocycles. The number of ether oxygens (including phenoxy) is 1. The Balaban J connectivity index is 2.17. The largest absolute Gasteiger partial charge is 0.496 e. The monoisotopic (exact) mass is 401 g/mol. The molecule has 5 heteroatoms. The number of nitrogens with one attached hydrogen (secondary N) is 1. The van der Waals surface area contributed by atoms with Gasteiger partial charge in [-0.3, -0.25) is 4.79 Å². The zero-order chi connectivity index (χ0) is 14.7. The molecule has 106 valence electrons. The zero-order valence-electron chi connectivity index (χ0n) is 11.6. The predicted molar refractivity (Wildman–Crippen MR) is 90.6 cm³/mol. The van der Waals surface area contributed by atoms with Gasteiger partial charge in [0.25, 0.3) is 5.91 Å². The van der Waals surface area contributed by atoms with Gasteiger partial charge in [0, 0.05) is 10.9 Å². The van der Waals surface area contributed by atoms with E-state index in [1.165, 1.54) is 0 Å². The van der Waals surface area contributed by atoms with Gasteiger partial charge in [0.1, 0.15) is 5.75 Å². The molecule has 1 aromatic heterocycles. The van der Waals surface area contributed by atoms with Crippen molar-refractivity contribution in [1.82, 2.24) is 5.32 Å². The number of methoxy groups -OCH3 is 1. The van der Waals surface area contributed by atoms with E-state index in [0.717, 1.165) is 19.8 Å². The highest BCUT2D eigenvalue weighted by Gasteiger charge is 2.16. The van der Waals surface area contributed by atoms with Crippen LogP contribution < -0.4 is 10.1 Å². The van der Waals surface area contributed by atoms with Gasteiger partial charge in [0.15, 0.2) is 0 Å². The fourth-order valence-electron chi connectivity index (χ4n) is 1.98. The molecule has 0 aliphatic heterocycles. The maximum atomic E-state index is 12.2. The first-order valence-corrected chi connectivity index (χ1v) is 8.16. The Hall–Kier alpha value is -1.08. The second-order valence-electron chi connectivity index (χ2n) is 4.58. The minimum atomic E-state index is -0.102. The molecule has 2 rings (SSSR count). The van der Waals surface area contributed by atoms with Crippen molar-refractivity contribution < 1.29 is 9.53 Å². The highest BCUT2D eigenvalue weighted by molar-refractivity contribution is 14.1. The Morgan fingerprint density at radius 1 is 1.40 bits per heavy atom. The quantitative estimate of drug-likeness (QED) is 0.782. The number of carbonyl (C=O) groups is 1. The van der Waals surface area contributed by atoms with Crippen LogP contribution in [0.15, 0.2) is 29.6 Å². The van der Waals surface area contributed by atoms with Crippen molar-refractivity contribution in [3.63, 3.8) is 0 Å². The van der Waals surface area contributed by atoms with Crippen LogP contribution in [0.2, 0.25) is 0 Å². The number of halogens is 1. The van der Waals surface area contributed by atoms with E-state index < -0.39 is 0 Å². The minimum absolute atomic E-state index is 0.0553. The topological polar surface area (TPSA) is 38.3 Å². The number of thiophene rings is 1. The van der Waals surface area contributed by atoms with Crippen LogP contribution >= 0.6 is 33.9 Å². The van der Waals surface area contributed by atoms with Crippen LogP contribution in [0.1, 0.15) is 34.5 Å². The van der Waals surface area contributed by atoms with E-state index in [2.05, 4.69) is 27.9 Å². The molecule has 20 heavy (non-hydrogen) atoms. The summed E-state index contributed by atoms with van der Waals surface area (Å²) in [5.41, 5.74) is 2.84. The summed E-state index contributed by atoms with van der Waals surface area (Å²) in [6.45, 7) is 3.99. The second-order valence-corrected chi connectivity index (χ2v) is 7.39. The number of aryl methyl sites for hydroxylation is 1. The summed E-state index contributed by atoms with van der Waals surface area (Å²) in [6.07, 6.45) is 0. The van der Waals surface area contributed by atoms with Crippen molar-refractivity contribution in [1.29, 1.82) is 0 Å². The van der Waals surface area contributed by atoms with Crippen LogP contribution in [-0.4, -0.2) is 13.0 Å². The molecule has 0 saturated carbocycles. The molecular formula is C15H16INO2S. The van der Waals surface area contributed by atoms with E-state index >= 15 is 0 Å². The lowest BCUT2D eigenvalue weighted by atomic mass is 10.0. The second kappa shape index (κ2) is 6.58. The minimum Gasteiger partial charge on any atom is -0.496 e.